The molecular formula is C40H39F3N2O8. The van der Waals surface area contributed by atoms with Crippen molar-refractivity contribution in [2.75, 3.05) is 39.2 Å². The number of esters is 3. The van der Waals surface area contributed by atoms with Gasteiger partial charge in [-0.3, -0.25) is 24.0 Å². The number of nitrogens with one attached hydrogen (secondary N) is 1. The molecular weight excluding hydrogens is 693 g/mol. The van der Waals surface area contributed by atoms with Crippen molar-refractivity contribution in [3.8, 4) is 11.1 Å². The minimum absolute atomic E-state index is 0.00601. The van der Waals surface area contributed by atoms with Crippen molar-refractivity contribution in [3.63, 3.8) is 0 Å². The van der Waals surface area contributed by atoms with Crippen LogP contribution in [0.4, 0.5) is 18.9 Å². The van der Waals surface area contributed by atoms with Crippen LogP contribution in [0.3, 0.4) is 0 Å². The van der Waals surface area contributed by atoms with E-state index in [9.17, 15) is 37.1 Å². The summed E-state index contributed by atoms with van der Waals surface area (Å²) in [6.45, 7) is 2.78. The van der Waals surface area contributed by atoms with Gasteiger partial charge in [0.25, 0.3) is 11.8 Å². The summed E-state index contributed by atoms with van der Waals surface area (Å²) >= 11 is 0. The predicted octanol–water partition coefficient (Wildman–Crippen LogP) is 6.87. The average Bonchev–Trinajstić information content (AvgIpc) is 3.13. The van der Waals surface area contributed by atoms with Gasteiger partial charge in [0.15, 0.2) is 5.41 Å². The van der Waals surface area contributed by atoms with Crippen molar-refractivity contribution in [3.05, 3.63) is 125 Å². The first-order valence-electron chi connectivity index (χ1n) is 16.7. The van der Waals surface area contributed by atoms with Crippen molar-refractivity contribution in [2.24, 2.45) is 0 Å². The van der Waals surface area contributed by atoms with E-state index in [0.29, 0.717) is 16.7 Å². The summed E-state index contributed by atoms with van der Waals surface area (Å²) in [7, 11) is 2.99. The first kappa shape index (κ1) is 39.8. The number of halogens is 3. The van der Waals surface area contributed by atoms with E-state index < -0.39 is 53.3 Å². The van der Waals surface area contributed by atoms with Crippen LogP contribution in [0.5, 0.6) is 0 Å². The number of nitrogens with zero attached hydrogens (tertiary/aromatic N) is 1. The van der Waals surface area contributed by atoms with Crippen LogP contribution in [-0.4, -0.2) is 68.5 Å². The maximum absolute atomic E-state index is 13.7. The third kappa shape index (κ3) is 9.28. The molecule has 0 fully saturated rings. The Morgan fingerprint density at radius 2 is 1.30 bits per heavy atom. The normalized spacial score (nSPS) is 11.3. The Balaban J connectivity index is 1.59. The SMILES string of the molecule is CCOC(=O)C(CCOC(=O)Cc1cccc(NC(=O)c2ccccc2-c2ccc(C(F)(F)F)cc2)c1C(=O)N(C)C)(C(=O)OCC)c1ccccc1. The van der Waals surface area contributed by atoms with Gasteiger partial charge < -0.3 is 24.4 Å². The molecule has 0 aliphatic heterocycles. The molecule has 0 spiro atoms. The Morgan fingerprint density at radius 3 is 1.89 bits per heavy atom. The maximum atomic E-state index is 13.7. The van der Waals surface area contributed by atoms with Gasteiger partial charge in [-0.2, -0.15) is 13.2 Å². The number of rotatable bonds is 14. The minimum atomic E-state index is -4.53. The van der Waals surface area contributed by atoms with Gasteiger partial charge in [-0.15, -0.1) is 0 Å². The molecule has 0 bridgehead atoms. The van der Waals surface area contributed by atoms with E-state index >= 15 is 0 Å². The van der Waals surface area contributed by atoms with Crippen molar-refractivity contribution < 1.29 is 51.4 Å². The molecule has 0 aromatic heterocycles. The van der Waals surface area contributed by atoms with E-state index in [-0.39, 0.29) is 48.6 Å². The number of hydrogen-bond donors (Lipinski definition) is 1. The second-order valence-electron chi connectivity index (χ2n) is 12.0. The molecule has 0 saturated carbocycles. The molecule has 0 atom stereocenters. The van der Waals surface area contributed by atoms with Gasteiger partial charge in [0.2, 0.25) is 0 Å². The zero-order chi connectivity index (χ0) is 38.8. The third-order valence-corrected chi connectivity index (χ3v) is 8.30. The van der Waals surface area contributed by atoms with Crippen molar-refractivity contribution in [1.29, 1.82) is 0 Å². The molecule has 0 aliphatic carbocycles. The summed E-state index contributed by atoms with van der Waals surface area (Å²) in [6, 6.07) is 23.4. The van der Waals surface area contributed by atoms with Crippen LogP contribution in [0.2, 0.25) is 0 Å². The fourth-order valence-electron chi connectivity index (χ4n) is 5.71. The van der Waals surface area contributed by atoms with Gasteiger partial charge in [0.1, 0.15) is 0 Å². The van der Waals surface area contributed by atoms with Crippen molar-refractivity contribution in [2.45, 2.75) is 38.3 Å². The number of benzene rings is 4. The van der Waals surface area contributed by atoms with Crippen LogP contribution >= 0.6 is 0 Å². The molecule has 13 heteroatoms. The Labute approximate surface area is 304 Å². The van der Waals surface area contributed by atoms with E-state index in [1.54, 1.807) is 62.4 Å². The largest absolute Gasteiger partial charge is 0.465 e. The molecule has 10 nitrogen and oxygen atoms in total. The van der Waals surface area contributed by atoms with Crippen LogP contribution in [-0.2, 0) is 46.6 Å². The lowest BCUT2D eigenvalue weighted by molar-refractivity contribution is -0.167. The zero-order valence-corrected chi connectivity index (χ0v) is 29.6. The second-order valence-corrected chi connectivity index (χ2v) is 12.0. The highest BCUT2D eigenvalue weighted by atomic mass is 19.4. The van der Waals surface area contributed by atoms with Gasteiger partial charge in [-0.25, -0.2) is 0 Å². The molecule has 1 N–H and O–H groups in total. The standard InChI is InChI=1S/C40H39F3N2O8/c1-5-51-37(49)39(38(50)52-6-2,28-14-8-7-9-15-28)23-24-53-33(46)25-27-13-12-18-32(34(27)36(48)45(3)4)44-35(47)31-17-11-10-16-30(31)26-19-21-29(22-20-26)40(41,42)43/h7-22H,5-6,23-25H2,1-4H3,(H,44,47). The Morgan fingerprint density at radius 1 is 0.698 bits per heavy atom. The molecule has 278 valence electrons. The molecule has 0 saturated heterocycles. The Kier molecular flexibility index (Phi) is 13.1. The lowest BCUT2D eigenvalue weighted by atomic mass is 9.77. The van der Waals surface area contributed by atoms with Gasteiger partial charge in [-0.05, 0) is 60.4 Å². The Bertz CT molecular complexity index is 1930. The monoisotopic (exact) mass is 732 g/mol. The van der Waals surface area contributed by atoms with Crippen LogP contribution in [0, 0.1) is 0 Å². The number of carbonyl (C=O) groups is 5. The molecule has 0 aliphatic rings. The summed E-state index contributed by atoms with van der Waals surface area (Å²) in [5.74, 6) is -3.69. The van der Waals surface area contributed by atoms with Crippen LogP contribution in [0.25, 0.3) is 11.1 Å². The van der Waals surface area contributed by atoms with E-state index in [0.717, 1.165) is 12.1 Å². The van der Waals surface area contributed by atoms with E-state index in [1.807, 2.05) is 0 Å². The summed E-state index contributed by atoms with van der Waals surface area (Å²) in [6.07, 6.45) is -5.24. The molecule has 2 amide bonds. The smallest absolute Gasteiger partial charge is 0.416 e. The van der Waals surface area contributed by atoms with Gasteiger partial charge in [-0.1, -0.05) is 72.8 Å². The quantitative estimate of drug-likeness (QED) is 0.0846. The number of anilines is 1. The number of carbonyl (C=O) groups excluding carboxylic acids is 5. The van der Waals surface area contributed by atoms with Crippen LogP contribution in [0.1, 0.15) is 57.7 Å². The second kappa shape index (κ2) is 17.5. The molecule has 4 aromatic carbocycles. The molecule has 0 unspecified atom stereocenters. The van der Waals surface area contributed by atoms with E-state index in [2.05, 4.69) is 5.32 Å². The highest BCUT2D eigenvalue weighted by Gasteiger charge is 2.50. The van der Waals surface area contributed by atoms with Crippen LogP contribution in [0.15, 0.2) is 97.1 Å². The lowest BCUT2D eigenvalue weighted by Crippen LogP contribution is -2.47. The Hall–Kier alpha value is -5.98. The third-order valence-electron chi connectivity index (χ3n) is 8.30. The summed E-state index contributed by atoms with van der Waals surface area (Å²) in [4.78, 5) is 68.4. The average molecular weight is 733 g/mol. The first-order valence-corrected chi connectivity index (χ1v) is 16.7. The van der Waals surface area contributed by atoms with Gasteiger partial charge in [0, 0.05) is 26.1 Å². The van der Waals surface area contributed by atoms with Crippen molar-refractivity contribution >= 4 is 35.4 Å². The summed E-state index contributed by atoms with van der Waals surface area (Å²) in [5, 5.41) is 2.73. The molecule has 0 radical (unpaired) electrons. The topological polar surface area (TPSA) is 128 Å². The van der Waals surface area contributed by atoms with Crippen LogP contribution < -0.4 is 5.32 Å². The molecule has 4 rings (SSSR count). The van der Waals surface area contributed by atoms with Gasteiger partial charge >= 0.3 is 24.1 Å². The molecule has 53 heavy (non-hydrogen) atoms. The highest BCUT2D eigenvalue weighted by Crippen LogP contribution is 2.34. The van der Waals surface area contributed by atoms with E-state index in [4.69, 9.17) is 14.2 Å². The molecule has 0 heterocycles. The predicted molar refractivity (Wildman–Crippen MR) is 190 cm³/mol. The zero-order valence-electron chi connectivity index (χ0n) is 29.6. The van der Waals surface area contributed by atoms with E-state index in [1.165, 1.54) is 55.4 Å². The summed E-state index contributed by atoms with van der Waals surface area (Å²) in [5.41, 5.74) is -1.30. The van der Waals surface area contributed by atoms with Gasteiger partial charge in [0.05, 0.1) is 43.1 Å². The number of hydrogen-bond acceptors (Lipinski definition) is 8. The summed E-state index contributed by atoms with van der Waals surface area (Å²) < 4.78 is 55.6. The maximum Gasteiger partial charge on any atom is 0.416 e. The lowest BCUT2D eigenvalue weighted by Gasteiger charge is -2.29. The highest BCUT2D eigenvalue weighted by molar-refractivity contribution is 6.12. The first-order chi connectivity index (χ1) is 25.2. The molecule has 4 aromatic rings. The number of amides is 2. The minimum Gasteiger partial charge on any atom is -0.465 e. The fourth-order valence-corrected chi connectivity index (χ4v) is 5.71. The van der Waals surface area contributed by atoms with Crippen molar-refractivity contribution in [1.82, 2.24) is 4.90 Å². The number of ether oxygens (including phenoxy) is 3. The number of alkyl halides is 3. The fraction of sp³-hybridized carbons (Fsp3) is 0.275.